The van der Waals surface area contributed by atoms with Gasteiger partial charge in [0, 0.05) is 19.5 Å². The fourth-order valence-electron chi connectivity index (χ4n) is 3.29. The predicted octanol–water partition coefficient (Wildman–Crippen LogP) is 4.83. The molecule has 0 aliphatic heterocycles. The summed E-state index contributed by atoms with van der Waals surface area (Å²) in [5, 5.41) is 13.0. The summed E-state index contributed by atoms with van der Waals surface area (Å²) >= 11 is 0. The quantitative estimate of drug-likeness (QED) is 0.103. The molecule has 0 spiro atoms. The molecule has 0 atom stereocenters. The average molecular weight is 467 g/mol. The van der Waals surface area contributed by atoms with Crippen LogP contribution in [0.4, 0.5) is 0 Å². The van der Waals surface area contributed by atoms with E-state index in [1.165, 1.54) is 75.7 Å². The average Bonchev–Trinajstić information content (AvgIpc) is 2.70. The van der Waals surface area contributed by atoms with E-state index < -0.39 is 5.97 Å². The van der Waals surface area contributed by atoms with Crippen LogP contribution in [0.15, 0.2) is 12.2 Å². The second kappa shape index (κ2) is 26.5. The van der Waals surface area contributed by atoms with Crippen LogP contribution in [0.3, 0.4) is 0 Å². The first-order valence-electron chi connectivity index (χ1n) is 12.1. The second-order valence-electron chi connectivity index (χ2n) is 7.86. The number of rotatable bonds is 22. The first kappa shape index (κ1) is 33.4. The molecule has 0 saturated heterocycles. The number of allylic oxidation sites excluding steroid dienone is 2. The van der Waals surface area contributed by atoms with Gasteiger partial charge in [-0.05, 0) is 39.0 Å². The molecule has 6 nitrogen and oxygen atoms in total. The summed E-state index contributed by atoms with van der Waals surface area (Å²) in [6.45, 7) is 5.07. The van der Waals surface area contributed by atoms with Crippen molar-refractivity contribution in [2.45, 2.75) is 104 Å². The Labute approximate surface area is 233 Å². The third-order valence-electron chi connectivity index (χ3n) is 4.97. The molecule has 0 heterocycles. The van der Waals surface area contributed by atoms with E-state index in [1.54, 1.807) is 6.92 Å². The van der Waals surface area contributed by atoms with Crippen LogP contribution in [0.2, 0.25) is 0 Å². The van der Waals surface area contributed by atoms with Crippen LogP contribution >= 0.6 is 0 Å². The van der Waals surface area contributed by atoms with Crippen LogP contribution < -0.4 is 5.32 Å². The molecule has 0 rings (SSSR count). The number of nitrogens with zero attached hydrogens (tertiary/aromatic N) is 1. The molecule has 0 saturated carbocycles. The molecule has 0 aliphatic rings. The van der Waals surface area contributed by atoms with E-state index in [9.17, 15) is 9.59 Å². The maximum atomic E-state index is 11.8. The Morgan fingerprint density at radius 1 is 0.871 bits per heavy atom. The van der Waals surface area contributed by atoms with Crippen LogP contribution in [0, 0.1) is 0 Å². The number of unbranched alkanes of at least 4 members (excludes halogenated alkanes) is 11. The minimum absolute atomic E-state index is 0. The van der Waals surface area contributed by atoms with E-state index in [4.69, 9.17) is 9.94 Å². The van der Waals surface area contributed by atoms with Crippen LogP contribution in [-0.2, 0) is 14.4 Å². The predicted molar refractivity (Wildman–Crippen MR) is 130 cm³/mol. The molecule has 0 bridgehead atoms. The van der Waals surface area contributed by atoms with E-state index in [0.29, 0.717) is 26.1 Å². The number of hydrogen-bond acceptors (Lipinski definition) is 4. The molecule has 0 aromatic carbocycles. The minimum atomic E-state index is -0.942. The van der Waals surface area contributed by atoms with Gasteiger partial charge in [0.25, 0.3) is 0 Å². The topological polar surface area (TPSA) is 78.9 Å². The summed E-state index contributed by atoms with van der Waals surface area (Å²) < 4.78 is 0. The Kier molecular flexibility index (Phi) is 28.5. The zero-order valence-electron chi connectivity index (χ0n) is 19.5. The van der Waals surface area contributed by atoms with Gasteiger partial charge in [0.15, 0.2) is 0 Å². The molecule has 0 aliphatic carbocycles. The maximum absolute atomic E-state index is 11.8. The van der Waals surface area contributed by atoms with Gasteiger partial charge in [-0.25, -0.2) is 0 Å². The standard InChI is InChI=1S/C24H46N2O4.K.H/c1-3-5-6-7-8-9-10-11-12-13-14-15-16-17-18-19-23(27)25-20-21-26(30-4-2)22-24(28)29;;/h11-12H,3-10,13-22H2,1-2H3,(H,25,27)(H,28,29);;/b12-11-;;. The molecule has 2 N–H and O–H groups in total. The molecular formula is C24H47KN2O4. The molecule has 178 valence electrons. The van der Waals surface area contributed by atoms with Gasteiger partial charge in [0.2, 0.25) is 5.91 Å². The summed E-state index contributed by atoms with van der Waals surface area (Å²) in [7, 11) is 0. The Morgan fingerprint density at radius 3 is 1.97 bits per heavy atom. The van der Waals surface area contributed by atoms with Crippen LogP contribution in [0.25, 0.3) is 0 Å². The van der Waals surface area contributed by atoms with Crippen molar-refractivity contribution in [2.75, 3.05) is 26.2 Å². The monoisotopic (exact) mass is 466 g/mol. The van der Waals surface area contributed by atoms with Gasteiger partial charge in [-0.15, -0.1) is 0 Å². The van der Waals surface area contributed by atoms with Gasteiger partial charge in [0.05, 0.1) is 6.61 Å². The summed E-state index contributed by atoms with van der Waals surface area (Å²) in [5.74, 6) is -0.914. The van der Waals surface area contributed by atoms with E-state index in [-0.39, 0.29) is 63.8 Å². The third kappa shape index (κ3) is 26.4. The second-order valence-corrected chi connectivity index (χ2v) is 7.86. The Balaban J connectivity index is 0. The van der Waals surface area contributed by atoms with Crippen molar-refractivity contribution < 1.29 is 19.5 Å². The van der Waals surface area contributed by atoms with Gasteiger partial charge in [0.1, 0.15) is 6.54 Å². The molecule has 0 aromatic heterocycles. The van der Waals surface area contributed by atoms with Crippen molar-refractivity contribution in [2.24, 2.45) is 0 Å². The number of aliphatic carboxylic acids is 1. The fraction of sp³-hybridized carbons (Fsp3) is 0.833. The van der Waals surface area contributed by atoms with Crippen molar-refractivity contribution >= 4 is 63.3 Å². The summed E-state index contributed by atoms with van der Waals surface area (Å²) in [4.78, 5) is 27.8. The molecule has 0 unspecified atom stereocenters. The van der Waals surface area contributed by atoms with E-state index in [1.807, 2.05) is 0 Å². The van der Waals surface area contributed by atoms with Crippen molar-refractivity contribution in [3.8, 4) is 0 Å². The Hall–Kier alpha value is 0.236. The summed E-state index contributed by atoms with van der Waals surface area (Å²) in [6.07, 6.45) is 21.4. The van der Waals surface area contributed by atoms with Gasteiger partial charge >= 0.3 is 57.4 Å². The molecule has 1 amide bonds. The number of carbonyl (C=O) groups excluding carboxylic acids is 1. The molecule has 31 heavy (non-hydrogen) atoms. The molecule has 0 radical (unpaired) electrons. The first-order chi connectivity index (χ1) is 14.6. The van der Waals surface area contributed by atoms with Gasteiger partial charge in [-0.3, -0.25) is 14.4 Å². The van der Waals surface area contributed by atoms with Crippen molar-refractivity contribution in [3.05, 3.63) is 12.2 Å². The zero-order valence-corrected chi connectivity index (χ0v) is 19.5. The number of carboxylic acids is 1. The van der Waals surface area contributed by atoms with Crippen molar-refractivity contribution in [1.82, 2.24) is 10.4 Å². The molecule has 7 heteroatoms. The number of hydroxylamine groups is 2. The van der Waals surface area contributed by atoms with Gasteiger partial charge in [-0.2, -0.15) is 5.06 Å². The van der Waals surface area contributed by atoms with E-state index in [2.05, 4.69) is 24.4 Å². The van der Waals surface area contributed by atoms with Crippen LogP contribution in [0.5, 0.6) is 0 Å². The van der Waals surface area contributed by atoms with Crippen molar-refractivity contribution in [3.63, 3.8) is 0 Å². The van der Waals surface area contributed by atoms with E-state index >= 15 is 0 Å². The van der Waals surface area contributed by atoms with E-state index in [0.717, 1.165) is 12.8 Å². The van der Waals surface area contributed by atoms with Gasteiger partial charge < -0.3 is 10.4 Å². The number of amides is 1. The number of carboxylic acid groups (broad SMARTS) is 1. The summed E-state index contributed by atoms with van der Waals surface area (Å²) in [5.41, 5.74) is 0. The summed E-state index contributed by atoms with van der Waals surface area (Å²) in [6, 6.07) is 0. The Bertz CT molecular complexity index is 447. The SMILES string of the molecule is CCCCCCCC/C=C\CCCCCCCC(=O)NCCN(CC(=O)O)OCC.[KH]. The molecular weight excluding hydrogens is 419 g/mol. The van der Waals surface area contributed by atoms with Crippen molar-refractivity contribution in [1.29, 1.82) is 0 Å². The molecule has 0 aromatic rings. The first-order valence-corrected chi connectivity index (χ1v) is 12.1. The number of hydrogen-bond donors (Lipinski definition) is 2. The van der Waals surface area contributed by atoms with Crippen LogP contribution in [-0.4, -0.2) is 99.7 Å². The number of carbonyl (C=O) groups is 2. The number of nitrogens with one attached hydrogen (secondary N) is 1. The Morgan fingerprint density at radius 2 is 1.42 bits per heavy atom. The molecule has 0 fully saturated rings. The van der Waals surface area contributed by atoms with Gasteiger partial charge in [-0.1, -0.05) is 70.4 Å². The third-order valence-corrected chi connectivity index (χ3v) is 4.97. The van der Waals surface area contributed by atoms with Crippen LogP contribution in [0.1, 0.15) is 104 Å². The normalized spacial score (nSPS) is 11.1. The fourth-order valence-corrected chi connectivity index (χ4v) is 3.29. The zero-order chi connectivity index (χ0) is 22.3.